The van der Waals surface area contributed by atoms with Gasteiger partial charge in [-0.25, -0.2) is 0 Å². The molecule has 0 bridgehead atoms. The second-order valence-corrected chi connectivity index (χ2v) is 7.06. The molecule has 0 saturated carbocycles. The van der Waals surface area contributed by atoms with Crippen molar-refractivity contribution < 1.29 is 14.1 Å². The third-order valence-electron chi connectivity index (χ3n) is 3.05. The van der Waals surface area contributed by atoms with E-state index < -0.39 is 21.5 Å². The molecule has 19 heavy (non-hydrogen) atoms. The van der Waals surface area contributed by atoms with Gasteiger partial charge in [-0.1, -0.05) is 18.5 Å². The zero-order valence-corrected chi connectivity index (χ0v) is 13.1. The number of hydrogen-bond acceptors (Lipinski definition) is 3. The molecule has 108 valence electrons. The Morgan fingerprint density at radius 3 is 2.47 bits per heavy atom. The SMILES string of the molecule is CCc1nn(CC)c(CS(=O)C(C)(C)C(=O)O)c1Cl. The van der Waals surface area contributed by atoms with Gasteiger partial charge >= 0.3 is 5.97 Å². The molecule has 5 nitrogen and oxygen atoms in total. The first kappa shape index (κ1) is 16.2. The molecule has 0 aliphatic carbocycles. The summed E-state index contributed by atoms with van der Waals surface area (Å²) in [7, 11) is -1.57. The molecule has 7 heteroatoms. The molecule has 0 amide bonds. The number of carboxylic acids is 1. The maximum atomic E-state index is 12.2. The molecule has 1 unspecified atom stereocenters. The lowest BCUT2D eigenvalue weighted by Gasteiger charge is -2.18. The molecule has 0 saturated heterocycles. The van der Waals surface area contributed by atoms with E-state index in [1.807, 2.05) is 13.8 Å². The lowest BCUT2D eigenvalue weighted by atomic mass is 10.2. The fourth-order valence-corrected chi connectivity index (χ4v) is 3.07. The number of nitrogens with zero attached hydrogens (tertiary/aromatic N) is 2. The fourth-order valence-electron chi connectivity index (χ4n) is 1.56. The van der Waals surface area contributed by atoms with Crippen LogP contribution in [0.25, 0.3) is 0 Å². The number of carboxylic acid groups (broad SMARTS) is 1. The van der Waals surface area contributed by atoms with Crippen LogP contribution in [0.4, 0.5) is 0 Å². The predicted octanol–water partition coefficient (Wildman–Crippen LogP) is 2.23. The van der Waals surface area contributed by atoms with Crippen LogP contribution in [-0.2, 0) is 34.3 Å². The van der Waals surface area contributed by atoms with Crippen LogP contribution >= 0.6 is 11.6 Å². The molecule has 1 heterocycles. The van der Waals surface area contributed by atoms with Gasteiger partial charge in [0.15, 0.2) is 0 Å². The second kappa shape index (κ2) is 6.05. The summed E-state index contributed by atoms with van der Waals surface area (Å²) in [6.45, 7) is 7.37. The Morgan fingerprint density at radius 1 is 1.47 bits per heavy atom. The molecule has 0 spiro atoms. The predicted molar refractivity (Wildman–Crippen MR) is 75.9 cm³/mol. The van der Waals surface area contributed by atoms with Crippen molar-refractivity contribution in [2.24, 2.45) is 0 Å². The van der Waals surface area contributed by atoms with Crippen LogP contribution in [-0.4, -0.2) is 29.8 Å². The van der Waals surface area contributed by atoms with Crippen LogP contribution in [0.2, 0.25) is 5.02 Å². The number of rotatable bonds is 6. The van der Waals surface area contributed by atoms with Gasteiger partial charge in [0.1, 0.15) is 4.75 Å². The molecule has 0 radical (unpaired) electrons. The molecule has 0 aliphatic rings. The number of aryl methyl sites for hydroxylation is 2. The Bertz CT molecular complexity index is 511. The molecule has 1 aromatic heterocycles. The Balaban J connectivity index is 3.09. The Labute approximate surface area is 120 Å². The average Bonchev–Trinajstić information content (AvgIpc) is 2.65. The summed E-state index contributed by atoms with van der Waals surface area (Å²) < 4.78 is 12.6. The maximum Gasteiger partial charge on any atom is 0.321 e. The number of carbonyl (C=O) groups is 1. The second-order valence-electron chi connectivity index (χ2n) is 4.68. The Hall–Kier alpha value is -0.880. The third-order valence-corrected chi connectivity index (χ3v) is 5.33. The van der Waals surface area contributed by atoms with Crippen LogP contribution in [0.3, 0.4) is 0 Å². The van der Waals surface area contributed by atoms with E-state index in [2.05, 4.69) is 5.10 Å². The van der Waals surface area contributed by atoms with Gasteiger partial charge in [0.25, 0.3) is 0 Å². The molecule has 1 N–H and O–H groups in total. The molecule has 1 rings (SSSR count). The normalized spacial score (nSPS) is 13.5. The number of hydrogen-bond donors (Lipinski definition) is 1. The first-order valence-electron chi connectivity index (χ1n) is 6.11. The zero-order chi connectivity index (χ0) is 14.8. The Kier molecular flexibility index (Phi) is 5.15. The van der Waals surface area contributed by atoms with Crippen molar-refractivity contribution in [2.45, 2.75) is 51.2 Å². The molecule has 0 aliphatic heterocycles. The summed E-state index contributed by atoms with van der Waals surface area (Å²) in [6.07, 6.45) is 0.688. The summed E-state index contributed by atoms with van der Waals surface area (Å²) in [4.78, 5) is 11.1. The van der Waals surface area contributed by atoms with E-state index in [9.17, 15) is 9.00 Å². The van der Waals surface area contributed by atoms with Crippen molar-refractivity contribution in [1.29, 1.82) is 0 Å². The molecule has 0 fully saturated rings. The summed E-state index contributed by atoms with van der Waals surface area (Å²) in [5.74, 6) is -0.987. The lowest BCUT2D eigenvalue weighted by Crippen LogP contribution is -2.37. The van der Waals surface area contributed by atoms with Crippen LogP contribution in [0, 0.1) is 0 Å². The van der Waals surface area contributed by atoms with Gasteiger partial charge < -0.3 is 5.11 Å². The van der Waals surface area contributed by atoms with Gasteiger partial charge in [-0.2, -0.15) is 5.10 Å². The highest BCUT2D eigenvalue weighted by Crippen LogP contribution is 2.26. The smallest absolute Gasteiger partial charge is 0.321 e. The minimum atomic E-state index is -1.57. The molecule has 0 aromatic carbocycles. The molecular formula is C12H19ClN2O3S. The first-order chi connectivity index (χ1) is 8.75. The highest BCUT2D eigenvalue weighted by molar-refractivity contribution is 7.86. The van der Waals surface area contributed by atoms with Crippen molar-refractivity contribution in [2.75, 3.05) is 0 Å². The van der Waals surface area contributed by atoms with E-state index in [0.717, 1.165) is 5.69 Å². The van der Waals surface area contributed by atoms with E-state index in [0.29, 0.717) is 23.7 Å². The summed E-state index contributed by atoms with van der Waals surface area (Å²) in [6, 6.07) is 0. The summed E-state index contributed by atoms with van der Waals surface area (Å²) >= 11 is 6.22. The quantitative estimate of drug-likeness (QED) is 0.875. The van der Waals surface area contributed by atoms with Crippen molar-refractivity contribution in [3.8, 4) is 0 Å². The van der Waals surface area contributed by atoms with Gasteiger partial charge in [-0.15, -0.1) is 0 Å². The molecular weight excluding hydrogens is 288 g/mol. The van der Waals surface area contributed by atoms with Crippen LogP contribution < -0.4 is 0 Å². The first-order valence-corrected chi connectivity index (χ1v) is 7.81. The van der Waals surface area contributed by atoms with E-state index in [1.54, 1.807) is 4.68 Å². The molecule has 1 aromatic rings. The number of halogens is 1. The van der Waals surface area contributed by atoms with Crippen LogP contribution in [0.5, 0.6) is 0 Å². The lowest BCUT2D eigenvalue weighted by molar-refractivity contribution is -0.139. The highest BCUT2D eigenvalue weighted by Gasteiger charge is 2.35. The van der Waals surface area contributed by atoms with Gasteiger partial charge in [0.05, 0.1) is 22.2 Å². The summed E-state index contributed by atoms with van der Waals surface area (Å²) in [5, 5.41) is 13.9. The minimum absolute atomic E-state index is 0.0962. The van der Waals surface area contributed by atoms with Crippen molar-refractivity contribution in [1.82, 2.24) is 9.78 Å². The monoisotopic (exact) mass is 306 g/mol. The van der Waals surface area contributed by atoms with E-state index in [1.165, 1.54) is 13.8 Å². The topological polar surface area (TPSA) is 72.2 Å². The van der Waals surface area contributed by atoms with Crippen molar-refractivity contribution in [3.05, 3.63) is 16.4 Å². The molecule has 1 atom stereocenters. The highest BCUT2D eigenvalue weighted by atomic mass is 35.5. The standard InChI is InChI=1S/C12H19ClN2O3S/c1-5-8-10(13)9(15(6-2)14-8)7-19(18)12(3,4)11(16)17/h5-7H2,1-4H3,(H,16,17). The van der Waals surface area contributed by atoms with Gasteiger partial charge in [0, 0.05) is 17.3 Å². The van der Waals surface area contributed by atoms with E-state index >= 15 is 0 Å². The summed E-state index contributed by atoms with van der Waals surface area (Å²) in [5.41, 5.74) is 1.40. The van der Waals surface area contributed by atoms with Gasteiger partial charge in [0.2, 0.25) is 0 Å². The zero-order valence-electron chi connectivity index (χ0n) is 11.6. The average molecular weight is 307 g/mol. The third kappa shape index (κ3) is 3.17. The number of aliphatic carboxylic acids is 1. The van der Waals surface area contributed by atoms with Crippen LogP contribution in [0.1, 0.15) is 39.1 Å². The van der Waals surface area contributed by atoms with Gasteiger partial charge in [-0.3, -0.25) is 13.7 Å². The van der Waals surface area contributed by atoms with Crippen molar-refractivity contribution >= 4 is 28.4 Å². The fraction of sp³-hybridized carbons (Fsp3) is 0.667. The maximum absolute atomic E-state index is 12.2. The van der Waals surface area contributed by atoms with E-state index in [4.69, 9.17) is 16.7 Å². The van der Waals surface area contributed by atoms with Crippen molar-refractivity contribution in [3.63, 3.8) is 0 Å². The van der Waals surface area contributed by atoms with Gasteiger partial charge in [-0.05, 0) is 27.2 Å². The number of aromatic nitrogens is 2. The van der Waals surface area contributed by atoms with E-state index in [-0.39, 0.29) is 5.75 Å². The Morgan fingerprint density at radius 2 is 2.05 bits per heavy atom. The van der Waals surface area contributed by atoms with Crippen LogP contribution in [0.15, 0.2) is 0 Å². The largest absolute Gasteiger partial charge is 0.480 e. The minimum Gasteiger partial charge on any atom is -0.480 e.